The van der Waals surface area contributed by atoms with Crippen LogP contribution in [-0.2, 0) is 4.79 Å². The Morgan fingerprint density at radius 1 is 1.12 bits per heavy atom. The second-order valence-corrected chi connectivity index (χ2v) is 7.39. The number of benzene rings is 2. The zero-order valence-electron chi connectivity index (χ0n) is 14.1. The molecule has 0 atom stereocenters. The Morgan fingerprint density at radius 3 is 2.69 bits per heavy atom. The second kappa shape index (κ2) is 5.64. The molecule has 3 aromatic rings. The summed E-state index contributed by atoms with van der Waals surface area (Å²) in [5.41, 5.74) is 3.27. The second-order valence-electron chi connectivity index (χ2n) is 6.95. The van der Waals surface area contributed by atoms with Crippen LogP contribution in [0.1, 0.15) is 12.8 Å². The van der Waals surface area contributed by atoms with Crippen molar-refractivity contribution >= 4 is 45.5 Å². The highest BCUT2D eigenvalue weighted by Crippen LogP contribution is 2.38. The fourth-order valence-corrected chi connectivity index (χ4v) is 4.21. The molecule has 2 aliphatic rings. The highest BCUT2D eigenvalue weighted by atomic mass is 35.5. The zero-order chi connectivity index (χ0) is 17.7. The Kier molecular flexibility index (Phi) is 3.37. The third-order valence-electron chi connectivity index (χ3n) is 5.44. The highest BCUT2D eigenvalue weighted by molar-refractivity contribution is 6.31. The summed E-state index contributed by atoms with van der Waals surface area (Å²) in [6, 6.07) is 11.7. The first kappa shape index (κ1) is 15.5. The number of amides is 1. The maximum Gasteiger partial charge on any atom is 0.250 e. The lowest BCUT2D eigenvalue weighted by Crippen LogP contribution is -2.58. The number of rotatable bonds is 1. The summed E-state index contributed by atoms with van der Waals surface area (Å²) in [4.78, 5) is 15.1. The van der Waals surface area contributed by atoms with Crippen LogP contribution in [0.25, 0.3) is 10.9 Å². The number of halogens is 1. The molecule has 0 unspecified atom stereocenters. The van der Waals surface area contributed by atoms with Crippen molar-refractivity contribution in [3.05, 3.63) is 47.6 Å². The summed E-state index contributed by atoms with van der Waals surface area (Å²) in [5, 5.41) is 15.4. The van der Waals surface area contributed by atoms with E-state index in [0.29, 0.717) is 5.02 Å². The lowest BCUT2D eigenvalue weighted by molar-refractivity contribution is -0.121. The Bertz CT molecular complexity index is 1010. The van der Waals surface area contributed by atoms with Crippen molar-refractivity contribution in [2.45, 2.75) is 18.4 Å². The van der Waals surface area contributed by atoms with Gasteiger partial charge < -0.3 is 15.5 Å². The van der Waals surface area contributed by atoms with E-state index < -0.39 is 5.54 Å². The standard InChI is InChI=1S/C19H18ClN5O/c20-12-9-16-13(11-21-24-16)17(10-12)25-7-5-19(6-8-25)18(26)22-14-3-1-2-4-15(14)23-19/h1-4,9-11,23H,5-8H2,(H,21,24)(H,22,26). The van der Waals surface area contributed by atoms with E-state index in [0.717, 1.165) is 53.9 Å². The van der Waals surface area contributed by atoms with Crippen LogP contribution in [0.3, 0.4) is 0 Å². The predicted octanol–water partition coefficient (Wildman–Crippen LogP) is 3.62. The number of carbonyl (C=O) groups excluding carboxylic acids is 1. The molecule has 1 saturated heterocycles. The van der Waals surface area contributed by atoms with Crippen LogP contribution >= 0.6 is 11.6 Å². The van der Waals surface area contributed by atoms with Gasteiger partial charge in [-0.1, -0.05) is 23.7 Å². The largest absolute Gasteiger partial charge is 0.371 e. The smallest absolute Gasteiger partial charge is 0.250 e. The van der Waals surface area contributed by atoms with E-state index in [4.69, 9.17) is 11.6 Å². The number of para-hydroxylation sites is 2. The first-order chi connectivity index (χ1) is 12.6. The van der Waals surface area contributed by atoms with Crippen molar-refractivity contribution in [3.63, 3.8) is 0 Å². The highest BCUT2D eigenvalue weighted by Gasteiger charge is 2.44. The van der Waals surface area contributed by atoms with E-state index in [1.165, 1.54) is 0 Å². The lowest BCUT2D eigenvalue weighted by Gasteiger charge is -2.45. The minimum Gasteiger partial charge on any atom is -0.371 e. The topological polar surface area (TPSA) is 73.1 Å². The number of H-pyrrole nitrogens is 1. The summed E-state index contributed by atoms with van der Waals surface area (Å²) in [6.45, 7) is 1.53. The quantitative estimate of drug-likeness (QED) is 0.614. The molecule has 1 amide bonds. The van der Waals surface area contributed by atoms with E-state index in [2.05, 4.69) is 25.7 Å². The van der Waals surface area contributed by atoms with Gasteiger partial charge in [0.15, 0.2) is 0 Å². The molecule has 3 heterocycles. The number of hydrogen-bond donors (Lipinski definition) is 3. The minimum absolute atomic E-state index is 0.0513. The predicted molar refractivity (Wildman–Crippen MR) is 104 cm³/mol. The van der Waals surface area contributed by atoms with E-state index in [1.807, 2.05) is 42.6 Å². The fourth-order valence-electron chi connectivity index (χ4n) is 4.00. The third-order valence-corrected chi connectivity index (χ3v) is 5.66. The lowest BCUT2D eigenvalue weighted by atomic mass is 9.84. The first-order valence-corrected chi connectivity index (χ1v) is 9.09. The fraction of sp³-hybridized carbons (Fsp3) is 0.263. The van der Waals surface area contributed by atoms with Gasteiger partial charge in [-0.2, -0.15) is 5.10 Å². The molecule has 0 bridgehead atoms. The molecular formula is C19H18ClN5O. The molecule has 26 heavy (non-hydrogen) atoms. The summed E-state index contributed by atoms with van der Waals surface area (Å²) in [6.07, 6.45) is 3.27. The summed E-state index contributed by atoms with van der Waals surface area (Å²) < 4.78 is 0. The van der Waals surface area contributed by atoms with Gasteiger partial charge in [0, 0.05) is 29.2 Å². The van der Waals surface area contributed by atoms with Gasteiger partial charge in [0.2, 0.25) is 5.91 Å². The number of fused-ring (bicyclic) bond motifs is 2. The molecule has 6 nitrogen and oxygen atoms in total. The van der Waals surface area contributed by atoms with E-state index in [1.54, 1.807) is 0 Å². The Morgan fingerprint density at radius 2 is 1.88 bits per heavy atom. The van der Waals surface area contributed by atoms with Crippen molar-refractivity contribution in [2.24, 2.45) is 0 Å². The van der Waals surface area contributed by atoms with Crippen LogP contribution in [-0.4, -0.2) is 34.7 Å². The van der Waals surface area contributed by atoms with Gasteiger partial charge in [-0.3, -0.25) is 9.89 Å². The number of aromatic amines is 1. The molecule has 2 aliphatic heterocycles. The first-order valence-electron chi connectivity index (χ1n) is 8.71. The molecule has 7 heteroatoms. The Hall–Kier alpha value is -2.73. The van der Waals surface area contributed by atoms with Gasteiger partial charge in [-0.25, -0.2) is 0 Å². The van der Waals surface area contributed by atoms with E-state index in [9.17, 15) is 4.79 Å². The van der Waals surface area contributed by atoms with E-state index >= 15 is 0 Å². The minimum atomic E-state index is -0.557. The van der Waals surface area contributed by atoms with Gasteiger partial charge >= 0.3 is 0 Å². The molecule has 132 valence electrons. The zero-order valence-corrected chi connectivity index (χ0v) is 14.8. The maximum absolute atomic E-state index is 12.8. The Labute approximate surface area is 155 Å². The van der Waals surface area contributed by atoms with E-state index in [-0.39, 0.29) is 5.91 Å². The van der Waals surface area contributed by atoms with Crippen molar-refractivity contribution in [3.8, 4) is 0 Å². The average Bonchev–Trinajstić information content (AvgIpc) is 3.11. The van der Waals surface area contributed by atoms with Gasteiger partial charge in [-0.05, 0) is 37.1 Å². The Balaban J connectivity index is 1.43. The van der Waals surface area contributed by atoms with Crippen molar-refractivity contribution in [2.75, 3.05) is 28.6 Å². The van der Waals surface area contributed by atoms with Gasteiger partial charge in [-0.15, -0.1) is 0 Å². The molecule has 1 aromatic heterocycles. The summed E-state index contributed by atoms with van der Waals surface area (Å²) >= 11 is 6.27. The monoisotopic (exact) mass is 367 g/mol. The number of carbonyl (C=O) groups is 1. The van der Waals surface area contributed by atoms with Crippen LogP contribution in [0.4, 0.5) is 17.1 Å². The molecule has 5 rings (SSSR count). The number of piperidine rings is 1. The summed E-state index contributed by atoms with van der Waals surface area (Å²) in [7, 11) is 0. The molecule has 1 spiro atoms. The van der Waals surface area contributed by atoms with Crippen LogP contribution in [0.15, 0.2) is 42.6 Å². The molecule has 2 aromatic carbocycles. The van der Waals surface area contributed by atoms with Gasteiger partial charge in [0.05, 0.1) is 23.1 Å². The number of aromatic nitrogens is 2. The molecule has 1 fully saturated rings. The SMILES string of the molecule is O=C1Nc2ccccc2NC12CCN(c1cc(Cl)cc3[nH]ncc13)CC2. The van der Waals surface area contributed by atoms with Crippen molar-refractivity contribution in [1.82, 2.24) is 10.2 Å². The number of nitrogens with one attached hydrogen (secondary N) is 3. The van der Waals surface area contributed by atoms with Gasteiger partial charge in [0.1, 0.15) is 5.54 Å². The number of nitrogens with zero attached hydrogens (tertiary/aromatic N) is 2. The van der Waals surface area contributed by atoms with Crippen molar-refractivity contribution in [1.29, 1.82) is 0 Å². The average molecular weight is 368 g/mol. The molecule has 0 saturated carbocycles. The molecule has 0 aliphatic carbocycles. The number of hydrogen-bond acceptors (Lipinski definition) is 4. The molecule has 0 radical (unpaired) electrons. The summed E-state index contributed by atoms with van der Waals surface area (Å²) in [5.74, 6) is 0.0513. The van der Waals surface area contributed by atoms with Gasteiger partial charge in [0.25, 0.3) is 0 Å². The molecule has 3 N–H and O–H groups in total. The van der Waals surface area contributed by atoms with Crippen LogP contribution in [0, 0.1) is 0 Å². The van der Waals surface area contributed by atoms with Crippen LogP contribution < -0.4 is 15.5 Å². The normalized spacial score (nSPS) is 18.5. The molecular weight excluding hydrogens is 350 g/mol. The number of anilines is 3. The van der Waals surface area contributed by atoms with Crippen molar-refractivity contribution < 1.29 is 4.79 Å². The van der Waals surface area contributed by atoms with Crippen LogP contribution in [0.5, 0.6) is 0 Å². The maximum atomic E-state index is 12.8. The van der Waals surface area contributed by atoms with Crippen LogP contribution in [0.2, 0.25) is 5.02 Å². The third kappa shape index (κ3) is 2.33.